The molecule has 0 bridgehead atoms. The molecular weight excluding hydrogens is 240 g/mol. The summed E-state index contributed by atoms with van der Waals surface area (Å²) in [7, 11) is 0. The van der Waals surface area contributed by atoms with Gasteiger partial charge in [0.2, 0.25) is 0 Å². The highest BCUT2D eigenvalue weighted by molar-refractivity contribution is 6.03. The molecule has 4 N–H and O–H groups in total. The smallest absolute Gasteiger partial charge is 0.256 e. The number of hydrazine groups is 1. The number of nitrogens with zero attached hydrogens (tertiary/aromatic N) is 1. The van der Waals surface area contributed by atoms with Gasteiger partial charge in [0.1, 0.15) is 5.82 Å². The van der Waals surface area contributed by atoms with Gasteiger partial charge in [0.05, 0.1) is 0 Å². The molecule has 0 spiro atoms. The van der Waals surface area contributed by atoms with Crippen LogP contribution in [-0.2, 0) is 0 Å². The van der Waals surface area contributed by atoms with E-state index in [9.17, 15) is 4.79 Å². The zero-order valence-corrected chi connectivity index (χ0v) is 10.9. The summed E-state index contributed by atoms with van der Waals surface area (Å²) in [5.74, 6) is 5.64. The second kappa shape index (κ2) is 5.49. The summed E-state index contributed by atoms with van der Waals surface area (Å²) in [4.78, 5) is 16.3. The number of nitrogens with one attached hydrogen (secondary N) is 2. The van der Waals surface area contributed by atoms with Gasteiger partial charge in [-0.25, -0.2) is 4.98 Å². The summed E-state index contributed by atoms with van der Waals surface area (Å²) < 4.78 is 0. The van der Waals surface area contributed by atoms with Crippen molar-refractivity contribution >= 4 is 17.4 Å². The van der Waals surface area contributed by atoms with Crippen LogP contribution in [0.3, 0.4) is 0 Å². The third-order valence-corrected chi connectivity index (χ3v) is 2.65. The van der Waals surface area contributed by atoms with Crippen molar-refractivity contribution in [2.45, 2.75) is 13.8 Å². The second-order valence-corrected chi connectivity index (χ2v) is 4.35. The molecule has 0 saturated carbocycles. The van der Waals surface area contributed by atoms with E-state index < -0.39 is 0 Å². The van der Waals surface area contributed by atoms with Gasteiger partial charge in [-0.3, -0.25) is 10.6 Å². The van der Waals surface area contributed by atoms with E-state index in [1.807, 2.05) is 26.0 Å². The Kier molecular flexibility index (Phi) is 3.77. The summed E-state index contributed by atoms with van der Waals surface area (Å²) in [6, 6.07) is 10.7. The van der Waals surface area contributed by atoms with Crippen LogP contribution >= 0.6 is 0 Å². The first kappa shape index (κ1) is 13.0. The summed E-state index contributed by atoms with van der Waals surface area (Å²) in [5, 5.41) is 2.78. The number of nitrogen functional groups attached to an aromatic ring is 1. The van der Waals surface area contributed by atoms with Gasteiger partial charge >= 0.3 is 0 Å². The molecule has 98 valence electrons. The fourth-order valence-electron chi connectivity index (χ4n) is 1.81. The topological polar surface area (TPSA) is 80.0 Å². The number of carbonyl (C=O) groups is 1. The molecule has 2 rings (SSSR count). The Morgan fingerprint density at radius 3 is 2.42 bits per heavy atom. The lowest BCUT2D eigenvalue weighted by atomic mass is 10.2. The Morgan fingerprint density at radius 2 is 1.84 bits per heavy atom. The van der Waals surface area contributed by atoms with Gasteiger partial charge in [-0.2, -0.15) is 0 Å². The molecule has 0 unspecified atom stereocenters. The van der Waals surface area contributed by atoms with Crippen LogP contribution in [0.4, 0.5) is 11.5 Å². The molecule has 0 radical (unpaired) electrons. The number of benzene rings is 1. The predicted molar refractivity (Wildman–Crippen MR) is 75.9 cm³/mol. The Bertz CT molecular complexity index is 573. The van der Waals surface area contributed by atoms with E-state index in [1.165, 1.54) is 0 Å². The van der Waals surface area contributed by atoms with Gasteiger partial charge in [0, 0.05) is 16.9 Å². The van der Waals surface area contributed by atoms with Crippen LogP contribution < -0.4 is 16.6 Å². The zero-order valence-electron chi connectivity index (χ0n) is 10.9. The molecule has 0 aliphatic carbocycles. The van der Waals surface area contributed by atoms with Gasteiger partial charge in [-0.05, 0) is 55.8 Å². The normalized spacial score (nSPS) is 10.1. The van der Waals surface area contributed by atoms with Crippen LogP contribution in [0.1, 0.15) is 21.6 Å². The zero-order chi connectivity index (χ0) is 13.8. The molecule has 5 nitrogen and oxygen atoms in total. The fourth-order valence-corrected chi connectivity index (χ4v) is 1.81. The van der Waals surface area contributed by atoms with E-state index in [0.717, 1.165) is 16.9 Å². The number of anilines is 2. The standard InChI is InChI=1S/C14H16N4O/c1-9-7-10(2)16-13(8-9)17-14(19)11-3-5-12(18-15)6-4-11/h3-8,18H,15H2,1-2H3,(H,16,17,19). The van der Waals surface area contributed by atoms with E-state index in [-0.39, 0.29) is 5.91 Å². The molecule has 1 aromatic heterocycles. The van der Waals surface area contributed by atoms with Crippen molar-refractivity contribution in [2.24, 2.45) is 5.84 Å². The maximum atomic E-state index is 12.0. The molecule has 1 heterocycles. The highest BCUT2D eigenvalue weighted by atomic mass is 16.1. The van der Waals surface area contributed by atoms with Crippen molar-refractivity contribution in [3.8, 4) is 0 Å². The minimum absolute atomic E-state index is 0.193. The SMILES string of the molecule is Cc1cc(C)nc(NC(=O)c2ccc(NN)cc2)c1. The van der Waals surface area contributed by atoms with Crippen LogP contribution in [0.5, 0.6) is 0 Å². The molecule has 19 heavy (non-hydrogen) atoms. The lowest BCUT2D eigenvalue weighted by molar-refractivity contribution is 0.102. The minimum Gasteiger partial charge on any atom is -0.324 e. The van der Waals surface area contributed by atoms with Crippen molar-refractivity contribution < 1.29 is 4.79 Å². The molecule has 0 aliphatic rings. The third-order valence-electron chi connectivity index (χ3n) is 2.65. The maximum Gasteiger partial charge on any atom is 0.256 e. The first-order chi connectivity index (χ1) is 9.08. The van der Waals surface area contributed by atoms with E-state index in [2.05, 4.69) is 15.7 Å². The first-order valence-corrected chi connectivity index (χ1v) is 5.92. The fraction of sp³-hybridized carbons (Fsp3) is 0.143. The van der Waals surface area contributed by atoms with Crippen molar-refractivity contribution in [3.63, 3.8) is 0 Å². The summed E-state index contributed by atoms with van der Waals surface area (Å²) in [6.07, 6.45) is 0. The van der Waals surface area contributed by atoms with E-state index >= 15 is 0 Å². The molecular formula is C14H16N4O. The van der Waals surface area contributed by atoms with Crippen LogP contribution in [0.25, 0.3) is 0 Å². The van der Waals surface area contributed by atoms with E-state index in [0.29, 0.717) is 11.4 Å². The predicted octanol–water partition coefficient (Wildman–Crippen LogP) is 2.24. The van der Waals surface area contributed by atoms with Gasteiger partial charge in [0.15, 0.2) is 0 Å². The number of hydrogen-bond acceptors (Lipinski definition) is 4. The molecule has 0 fully saturated rings. The Labute approximate surface area is 111 Å². The quantitative estimate of drug-likeness (QED) is 0.581. The molecule has 0 saturated heterocycles. The van der Waals surface area contributed by atoms with E-state index in [4.69, 9.17) is 5.84 Å². The number of pyridine rings is 1. The lowest BCUT2D eigenvalue weighted by Gasteiger charge is -2.07. The molecule has 1 aromatic carbocycles. The Morgan fingerprint density at radius 1 is 1.16 bits per heavy atom. The number of hydrogen-bond donors (Lipinski definition) is 3. The average Bonchev–Trinajstić information content (AvgIpc) is 2.37. The molecule has 0 atom stereocenters. The number of aromatic nitrogens is 1. The maximum absolute atomic E-state index is 12.0. The minimum atomic E-state index is -0.193. The van der Waals surface area contributed by atoms with E-state index in [1.54, 1.807) is 24.3 Å². The van der Waals surface area contributed by atoms with Crippen molar-refractivity contribution in [1.82, 2.24) is 4.98 Å². The van der Waals surface area contributed by atoms with Gasteiger partial charge in [-0.1, -0.05) is 0 Å². The first-order valence-electron chi connectivity index (χ1n) is 5.92. The lowest BCUT2D eigenvalue weighted by Crippen LogP contribution is -2.14. The van der Waals surface area contributed by atoms with Crippen molar-refractivity contribution in [3.05, 3.63) is 53.2 Å². The molecule has 5 heteroatoms. The largest absolute Gasteiger partial charge is 0.324 e. The number of amides is 1. The van der Waals surface area contributed by atoms with Crippen LogP contribution in [0.2, 0.25) is 0 Å². The van der Waals surface area contributed by atoms with Crippen LogP contribution in [0.15, 0.2) is 36.4 Å². The Hall–Kier alpha value is -2.40. The number of carbonyl (C=O) groups excluding carboxylic acids is 1. The van der Waals surface area contributed by atoms with Gasteiger partial charge in [-0.15, -0.1) is 0 Å². The molecule has 0 aliphatic heterocycles. The van der Waals surface area contributed by atoms with Crippen LogP contribution in [0, 0.1) is 13.8 Å². The number of rotatable bonds is 3. The number of aryl methyl sites for hydroxylation is 2. The highest BCUT2D eigenvalue weighted by Crippen LogP contribution is 2.12. The van der Waals surface area contributed by atoms with Crippen molar-refractivity contribution in [1.29, 1.82) is 0 Å². The molecule has 1 amide bonds. The Balaban J connectivity index is 2.15. The molecule has 2 aromatic rings. The van der Waals surface area contributed by atoms with Crippen LogP contribution in [-0.4, -0.2) is 10.9 Å². The summed E-state index contributed by atoms with van der Waals surface area (Å²) in [5.41, 5.74) is 5.75. The average molecular weight is 256 g/mol. The highest BCUT2D eigenvalue weighted by Gasteiger charge is 2.07. The van der Waals surface area contributed by atoms with Crippen molar-refractivity contribution in [2.75, 3.05) is 10.7 Å². The van der Waals surface area contributed by atoms with Gasteiger partial charge in [0.25, 0.3) is 5.91 Å². The summed E-state index contributed by atoms with van der Waals surface area (Å²) in [6.45, 7) is 3.86. The van der Waals surface area contributed by atoms with Gasteiger partial charge < -0.3 is 10.7 Å². The second-order valence-electron chi connectivity index (χ2n) is 4.35. The number of nitrogens with two attached hydrogens (primary N) is 1. The summed E-state index contributed by atoms with van der Waals surface area (Å²) >= 11 is 0. The monoisotopic (exact) mass is 256 g/mol. The third kappa shape index (κ3) is 3.29.